The van der Waals surface area contributed by atoms with E-state index < -0.39 is 15.4 Å². The fourth-order valence-corrected chi connectivity index (χ4v) is 6.08. The molecule has 2 N–H and O–H groups in total. The zero-order valence-electron chi connectivity index (χ0n) is 18.3. The number of hydrogen-bond acceptors (Lipinski definition) is 6. The molecular formula is C23H31ClN2O5S. The van der Waals surface area contributed by atoms with E-state index in [0.29, 0.717) is 42.7 Å². The maximum atomic E-state index is 11.7. The summed E-state index contributed by atoms with van der Waals surface area (Å²) in [6, 6.07) is 7.35. The van der Waals surface area contributed by atoms with Crippen molar-refractivity contribution in [3.05, 3.63) is 47.7 Å². The molecule has 0 saturated heterocycles. The molecule has 32 heavy (non-hydrogen) atoms. The number of nitrogens with one attached hydrogen (secondary N) is 1. The summed E-state index contributed by atoms with van der Waals surface area (Å²) in [4.78, 5) is 4.56. The van der Waals surface area contributed by atoms with E-state index in [1.54, 1.807) is 12.3 Å². The maximum Gasteiger partial charge on any atom is 0.208 e. The van der Waals surface area contributed by atoms with Crippen LogP contribution in [0.5, 0.6) is 5.75 Å². The highest BCUT2D eigenvalue weighted by molar-refractivity contribution is 7.88. The van der Waals surface area contributed by atoms with E-state index in [4.69, 9.17) is 20.8 Å². The molecule has 2 atom stereocenters. The quantitative estimate of drug-likeness (QED) is 0.547. The number of ether oxygens (including phenoxy) is 1. The summed E-state index contributed by atoms with van der Waals surface area (Å²) < 4.78 is 38.4. The molecule has 0 spiro atoms. The van der Waals surface area contributed by atoms with Gasteiger partial charge in [0, 0.05) is 6.04 Å². The standard InChI is InChI=1S/C23H31ClN2O5S/c1-32(28,29)26-18-9-10-23(12-18,22-25-19(13-24)14-30-22)15-31-21-7-5-16(6-8-21)17-3-2-4-20(27)11-17/h2-4,11,14,16,18,21,26-27H,5-10,12-13,15H2,1H3/t16?,18-,21?,23-/m0/s1. The van der Waals surface area contributed by atoms with Crippen molar-refractivity contribution < 1.29 is 22.7 Å². The second-order valence-corrected chi connectivity index (χ2v) is 11.3. The average Bonchev–Trinajstić information content (AvgIpc) is 3.39. The zero-order chi connectivity index (χ0) is 22.8. The number of rotatable bonds is 8. The van der Waals surface area contributed by atoms with Gasteiger partial charge in [0.1, 0.15) is 12.0 Å². The van der Waals surface area contributed by atoms with E-state index in [1.807, 2.05) is 12.1 Å². The Labute approximate surface area is 194 Å². The lowest BCUT2D eigenvalue weighted by Crippen LogP contribution is -2.37. The van der Waals surface area contributed by atoms with Crippen molar-refractivity contribution in [1.29, 1.82) is 0 Å². The van der Waals surface area contributed by atoms with Crippen molar-refractivity contribution in [2.45, 2.75) is 74.3 Å². The smallest absolute Gasteiger partial charge is 0.208 e. The summed E-state index contributed by atoms with van der Waals surface area (Å²) in [6.45, 7) is 0.443. The Morgan fingerprint density at radius 2 is 2.06 bits per heavy atom. The van der Waals surface area contributed by atoms with Crippen molar-refractivity contribution in [2.75, 3.05) is 12.9 Å². The first-order valence-electron chi connectivity index (χ1n) is 11.1. The van der Waals surface area contributed by atoms with Gasteiger partial charge in [-0.3, -0.25) is 0 Å². The van der Waals surface area contributed by atoms with Crippen LogP contribution in [0.15, 0.2) is 34.9 Å². The lowest BCUT2D eigenvalue weighted by Gasteiger charge is -2.32. The van der Waals surface area contributed by atoms with Gasteiger partial charge in [-0.1, -0.05) is 12.1 Å². The van der Waals surface area contributed by atoms with Gasteiger partial charge in [-0.05, 0) is 68.6 Å². The lowest BCUT2D eigenvalue weighted by atomic mass is 9.82. The van der Waals surface area contributed by atoms with Crippen LogP contribution in [-0.2, 0) is 26.1 Å². The number of halogens is 1. The Morgan fingerprint density at radius 3 is 2.72 bits per heavy atom. The lowest BCUT2D eigenvalue weighted by molar-refractivity contribution is -0.0100. The topological polar surface area (TPSA) is 102 Å². The first-order valence-corrected chi connectivity index (χ1v) is 13.6. The molecular weight excluding hydrogens is 452 g/mol. The van der Waals surface area contributed by atoms with Gasteiger partial charge in [0.15, 0.2) is 0 Å². The van der Waals surface area contributed by atoms with E-state index in [-0.39, 0.29) is 18.0 Å². The van der Waals surface area contributed by atoms with Gasteiger partial charge < -0.3 is 14.3 Å². The minimum atomic E-state index is -3.29. The van der Waals surface area contributed by atoms with Crippen LogP contribution in [0.2, 0.25) is 0 Å². The van der Waals surface area contributed by atoms with Crippen LogP contribution < -0.4 is 4.72 Å². The van der Waals surface area contributed by atoms with Crippen molar-refractivity contribution in [2.24, 2.45) is 0 Å². The summed E-state index contributed by atoms with van der Waals surface area (Å²) in [5, 5.41) is 9.76. The van der Waals surface area contributed by atoms with E-state index >= 15 is 0 Å². The molecule has 2 fully saturated rings. The third-order valence-corrected chi connectivity index (χ3v) is 7.78. The first kappa shape index (κ1) is 23.5. The van der Waals surface area contributed by atoms with Crippen LogP contribution in [-0.4, -0.2) is 43.5 Å². The predicted octanol–water partition coefficient (Wildman–Crippen LogP) is 4.20. The molecule has 1 aromatic heterocycles. The molecule has 9 heteroatoms. The van der Waals surface area contributed by atoms with E-state index in [2.05, 4.69) is 15.8 Å². The molecule has 0 unspecified atom stereocenters. The molecule has 176 valence electrons. The number of alkyl halides is 1. The van der Waals surface area contributed by atoms with Gasteiger partial charge >= 0.3 is 0 Å². The number of aromatic nitrogens is 1. The molecule has 2 aliphatic carbocycles. The zero-order valence-corrected chi connectivity index (χ0v) is 19.9. The number of hydrogen-bond donors (Lipinski definition) is 2. The molecule has 2 saturated carbocycles. The Morgan fingerprint density at radius 1 is 1.28 bits per heavy atom. The average molecular weight is 483 g/mol. The normalized spacial score (nSPS) is 28.8. The van der Waals surface area contributed by atoms with E-state index in [0.717, 1.165) is 32.1 Å². The van der Waals surface area contributed by atoms with Crippen molar-refractivity contribution in [3.8, 4) is 5.75 Å². The maximum absolute atomic E-state index is 11.7. The monoisotopic (exact) mass is 482 g/mol. The number of benzene rings is 1. The minimum absolute atomic E-state index is 0.143. The van der Waals surface area contributed by atoms with Crippen molar-refractivity contribution in [3.63, 3.8) is 0 Å². The number of nitrogens with zero attached hydrogens (tertiary/aromatic N) is 1. The fourth-order valence-electron chi connectivity index (χ4n) is 5.15. The second kappa shape index (κ2) is 9.71. The summed E-state index contributed by atoms with van der Waals surface area (Å²) >= 11 is 5.92. The number of phenolic OH excluding ortho intramolecular Hbond substituents is 1. The number of phenols is 1. The van der Waals surface area contributed by atoms with Gasteiger partial charge in [0.2, 0.25) is 15.9 Å². The summed E-state index contributed by atoms with van der Waals surface area (Å²) in [6.07, 6.45) is 8.84. The van der Waals surface area contributed by atoms with E-state index in [9.17, 15) is 13.5 Å². The molecule has 4 rings (SSSR count). The SMILES string of the molecule is CS(=O)(=O)N[C@H]1CC[C@](COC2CCC(c3cccc(O)c3)CC2)(c2nc(CCl)co2)C1. The summed E-state index contributed by atoms with van der Waals surface area (Å²) in [7, 11) is -3.29. The molecule has 0 radical (unpaired) electrons. The number of sulfonamides is 1. The molecule has 0 amide bonds. The molecule has 1 heterocycles. The van der Waals surface area contributed by atoms with Gasteiger partial charge in [0.05, 0.1) is 36.0 Å². The second-order valence-electron chi connectivity index (χ2n) is 9.27. The molecule has 7 nitrogen and oxygen atoms in total. The Kier molecular flexibility index (Phi) is 7.14. The third-order valence-electron chi connectivity index (χ3n) is 6.74. The van der Waals surface area contributed by atoms with Gasteiger partial charge in [0.25, 0.3) is 0 Å². The highest BCUT2D eigenvalue weighted by Gasteiger charge is 2.46. The molecule has 0 bridgehead atoms. The largest absolute Gasteiger partial charge is 0.508 e. The highest BCUT2D eigenvalue weighted by Crippen LogP contribution is 2.43. The van der Waals surface area contributed by atoms with Gasteiger partial charge in [-0.15, -0.1) is 11.6 Å². The van der Waals surface area contributed by atoms with Crippen LogP contribution in [0.4, 0.5) is 0 Å². The molecule has 2 aromatic rings. The Bertz CT molecular complexity index is 1020. The third kappa shape index (κ3) is 5.65. The van der Waals surface area contributed by atoms with Crippen molar-refractivity contribution in [1.82, 2.24) is 9.71 Å². The summed E-state index contributed by atoms with van der Waals surface area (Å²) in [5.74, 6) is 1.59. The molecule has 1 aromatic carbocycles. The predicted molar refractivity (Wildman–Crippen MR) is 122 cm³/mol. The minimum Gasteiger partial charge on any atom is -0.508 e. The van der Waals surface area contributed by atoms with Crippen LogP contribution in [0, 0.1) is 0 Å². The van der Waals surface area contributed by atoms with E-state index in [1.165, 1.54) is 11.8 Å². The first-order chi connectivity index (χ1) is 15.3. The Hall–Kier alpha value is -1.61. The molecule has 2 aliphatic rings. The fraction of sp³-hybridized carbons (Fsp3) is 0.609. The van der Waals surface area contributed by atoms with Crippen LogP contribution >= 0.6 is 11.6 Å². The molecule has 0 aliphatic heterocycles. The highest BCUT2D eigenvalue weighted by atomic mass is 35.5. The van der Waals surface area contributed by atoms with Crippen molar-refractivity contribution >= 4 is 21.6 Å². The van der Waals surface area contributed by atoms with Crippen LogP contribution in [0.1, 0.15) is 68.0 Å². The van der Waals surface area contributed by atoms with Crippen LogP contribution in [0.25, 0.3) is 0 Å². The number of aromatic hydroxyl groups is 1. The number of oxazole rings is 1. The van der Waals surface area contributed by atoms with Crippen LogP contribution in [0.3, 0.4) is 0 Å². The Balaban J connectivity index is 1.40. The summed E-state index contributed by atoms with van der Waals surface area (Å²) in [5.41, 5.74) is 1.39. The van der Waals surface area contributed by atoms with Gasteiger partial charge in [-0.2, -0.15) is 0 Å². The van der Waals surface area contributed by atoms with Gasteiger partial charge in [-0.25, -0.2) is 18.1 Å².